The zero-order valence-corrected chi connectivity index (χ0v) is 13.8. The van der Waals surface area contributed by atoms with Gasteiger partial charge in [0.2, 0.25) is 0 Å². The van der Waals surface area contributed by atoms with Crippen LogP contribution in [0.4, 0.5) is 0 Å². The normalized spacial score (nSPS) is 11.7. The van der Waals surface area contributed by atoms with Gasteiger partial charge in [-0.15, -0.1) is 11.3 Å². The summed E-state index contributed by atoms with van der Waals surface area (Å²) in [5.41, 5.74) is 1.23. The minimum atomic E-state index is 0.766. The summed E-state index contributed by atoms with van der Waals surface area (Å²) in [5, 5.41) is 7.76. The molecular formula is C14H26N4OS. The molecule has 1 rings (SSSR count). The van der Waals surface area contributed by atoms with Crippen molar-refractivity contribution < 1.29 is 4.74 Å². The summed E-state index contributed by atoms with van der Waals surface area (Å²) in [6, 6.07) is 0. The minimum Gasteiger partial charge on any atom is -0.385 e. The number of ether oxygens (including phenoxy) is 1. The van der Waals surface area contributed by atoms with Gasteiger partial charge < -0.3 is 15.4 Å². The Labute approximate surface area is 125 Å². The number of hydrogen-bond donors (Lipinski definition) is 2. The van der Waals surface area contributed by atoms with Crippen LogP contribution < -0.4 is 10.6 Å². The van der Waals surface area contributed by atoms with Gasteiger partial charge in [-0.2, -0.15) is 0 Å². The Morgan fingerprint density at radius 3 is 2.70 bits per heavy atom. The third-order valence-corrected chi connectivity index (χ3v) is 4.02. The summed E-state index contributed by atoms with van der Waals surface area (Å²) in [5.74, 6) is 0.838. The highest BCUT2D eigenvalue weighted by molar-refractivity contribution is 7.11. The highest BCUT2D eigenvalue weighted by Gasteiger charge is 2.05. The molecular weight excluding hydrogens is 272 g/mol. The number of methoxy groups -OCH3 is 1. The molecule has 0 bridgehead atoms. The lowest BCUT2D eigenvalue weighted by atomic mass is 10.3. The first-order valence-electron chi connectivity index (χ1n) is 7.09. The van der Waals surface area contributed by atoms with Crippen molar-refractivity contribution in [1.29, 1.82) is 0 Å². The van der Waals surface area contributed by atoms with Crippen LogP contribution in [0.15, 0.2) is 4.99 Å². The average Bonchev–Trinajstić information content (AvgIpc) is 2.81. The lowest BCUT2D eigenvalue weighted by molar-refractivity contribution is 0.195. The first-order chi connectivity index (χ1) is 9.71. The van der Waals surface area contributed by atoms with Crippen molar-refractivity contribution in [3.05, 3.63) is 15.6 Å². The predicted octanol–water partition coefficient (Wildman–Crippen LogP) is 1.76. The molecule has 1 heterocycles. The van der Waals surface area contributed by atoms with Gasteiger partial charge in [0.1, 0.15) is 0 Å². The average molecular weight is 298 g/mol. The van der Waals surface area contributed by atoms with Gasteiger partial charge >= 0.3 is 0 Å². The Bertz CT molecular complexity index is 417. The summed E-state index contributed by atoms with van der Waals surface area (Å²) in [6.07, 6.45) is 2.92. The number of guanidine groups is 1. The second-order valence-corrected chi connectivity index (χ2v) is 5.77. The van der Waals surface area contributed by atoms with Crippen LogP contribution in [0, 0.1) is 6.92 Å². The van der Waals surface area contributed by atoms with Gasteiger partial charge in [-0.25, -0.2) is 4.98 Å². The van der Waals surface area contributed by atoms with Crippen molar-refractivity contribution in [2.45, 2.75) is 33.1 Å². The van der Waals surface area contributed by atoms with Crippen LogP contribution in [0.5, 0.6) is 0 Å². The van der Waals surface area contributed by atoms with Crippen LogP contribution in [-0.4, -0.2) is 44.8 Å². The maximum Gasteiger partial charge on any atom is 0.190 e. The summed E-state index contributed by atoms with van der Waals surface area (Å²) < 4.78 is 5.01. The molecule has 0 saturated heterocycles. The van der Waals surface area contributed by atoms with Gasteiger partial charge in [0, 0.05) is 45.2 Å². The highest BCUT2D eigenvalue weighted by atomic mass is 32.1. The molecule has 0 aromatic carbocycles. The van der Waals surface area contributed by atoms with Gasteiger partial charge in [-0.05, 0) is 19.8 Å². The van der Waals surface area contributed by atoms with Crippen LogP contribution in [-0.2, 0) is 17.6 Å². The zero-order chi connectivity index (χ0) is 14.8. The van der Waals surface area contributed by atoms with Gasteiger partial charge in [0.05, 0.1) is 10.7 Å². The molecule has 0 amide bonds. The summed E-state index contributed by atoms with van der Waals surface area (Å²) in [4.78, 5) is 10.2. The third-order valence-electron chi connectivity index (χ3n) is 2.94. The predicted molar refractivity (Wildman–Crippen MR) is 85.8 cm³/mol. The minimum absolute atomic E-state index is 0.766. The largest absolute Gasteiger partial charge is 0.385 e. The number of aromatic nitrogens is 1. The molecule has 0 unspecified atom stereocenters. The number of rotatable bonds is 8. The summed E-state index contributed by atoms with van der Waals surface area (Å²) in [7, 11) is 3.50. The monoisotopic (exact) mass is 298 g/mol. The van der Waals surface area contributed by atoms with E-state index in [1.165, 1.54) is 15.6 Å². The lowest BCUT2D eigenvalue weighted by Crippen LogP contribution is -2.39. The number of hydrogen-bond acceptors (Lipinski definition) is 4. The Balaban J connectivity index is 2.27. The fourth-order valence-electron chi connectivity index (χ4n) is 1.85. The number of nitrogens with one attached hydrogen (secondary N) is 2. The smallest absolute Gasteiger partial charge is 0.190 e. The SMILES string of the molecule is CCc1nc(CCNC(=NC)NCCCOC)sc1C. The lowest BCUT2D eigenvalue weighted by Gasteiger charge is -2.10. The number of aliphatic imine (C=N–C) groups is 1. The van der Waals surface area contributed by atoms with Crippen LogP contribution in [0.2, 0.25) is 0 Å². The first kappa shape index (κ1) is 16.9. The van der Waals surface area contributed by atoms with Gasteiger partial charge in [0.25, 0.3) is 0 Å². The van der Waals surface area contributed by atoms with E-state index >= 15 is 0 Å². The second kappa shape index (κ2) is 9.72. The van der Waals surface area contributed by atoms with Crippen molar-refractivity contribution in [2.75, 3.05) is 33.9 Å². The Morgan fingerprint density at radius 1 is 1.35 bits per heavy atom. The van der Waals surface area contributed by atoms with Gasteiger partial charge in [-0.3, -0.25) is 4.99 Å². The van der Waals surface area contributed by atoms with E-state index in [0.29, 0.717) is 0 Å². The molecule has 6 heteroatoms. The molecule has 1 aromatic heterocycles. The summed E-state index contributed by atoms with van der Waals surface area (Å²) >= 11 is 1.79. The molecule has 0 aliphatic rings. The maximum absolute atomic E-state index is 5.01. The second-order valence-electron chi connectivity index (χ2n) is 4.49. The molecule has 114 valence electrons. The van der Waals surface area contributed by atoms with Crippen molar-refractivity contribution >= 4 is 17.3 Å². The van der Waals surface area contributed by atoms with Crippen molar-refractivity contribution in [1.82, 2.24) is 15.6 Å². The topological polar surface area (TPSA) is 58.5 Å². The molecule has 5 nitrogen and oxygen atoms in total. The molecule has 0 saturated carbocycles. The van der Waals surface area contributed by atoms with Crippen molar-refractivity contribution in [3.8, 4) is 0 Å². The number of thiazole rings is 1. The molecule has 0 spiro atoms. The van der Waals surface area contributed by atoms with E-state index in [9.17, 15) is 0 Å². The van der Waals surface area contributed by atoms with Crippen molar-refractivity contribution in [2.24, 2.45) is 4.99 Å². The summed E-state index contributed by atoms with van der Waals surface area (Å²) in [6.45, 7) is 6.77. The molecule has 20 heavy (non-hydrogen) atoms. The quantitative estimate of drug-likeness (QED) is 0.436. The van der Waals surface area contributed by atoms with E-state index in [4.69, 9.17) is 4.74 Å². The van der Waals surface area contributed by atoms with Crippen LogP contribution in [0.25, 0.3) is 0 Å². The zero-order valence-electron chi connectivity index (χ0n) is 13.0. The molecule has 0 radical (unpaired) electrons. The fraction of sp³-hybridized carbons (Fsp3) is 0.714. The molecule has 0 fully saturated rings. The molecule has 2 N–H and O–H groups in total. The Hall–Kier alpha value is -1.14. The number of nitrogens with zero attached hydrogens (tertiary/aromatic N) is 2. The van der Waals surface area contributed by atoms with Gasteiger partial charge in [0.15, 0.2) is 5.96 Å². The molecule has 0 aliphatic heterocycles. The highest BCUT2D eigenvalue weighted by Crippen LogP contribution is 2.17. The van der Waals surface area contributed by atoms with Crippen LogP contribution in [0.1, 0.15) is 28.9 Å². The first-order valence-corrected chi connectivity index (χ1v) is 7.91. The molecule has 0 aliphatic carbocycles. The van der Waals surface area contributed by atoms with Gasteiger partial charge in [-0.1, -0.05) is 6.92 Å². The van der Waals surface area contributed by atoms with Crippen molar-refractivity contribution in [3.63, 3.8) is 0 Å². The standard InChI is InChI=1S/C14H26N4OS/c1-5-12-11(2)20-13(18-12)7-9-17-14(15-3)16-8-6-10-19-4/h5-10H2,1-4H3,(H2,15,16,17). The van der Waals surface area contributed by atoms with E-state index in [-0.39, 0.29) is 0 Å². The Kier molecular flexibility index (Phi) is 8.22. The maximum atomic E-state index is 5.01. The van der Waals surface area contributed by atoms with E-state index < -0.39 is 0 Å². The van der Waals surface area contributed by atoms with E-state index in [1.807, 2.05) is 0 Å². The fourth-order valence-corrected chi connectivity index (χ4v) is 2.88. The molecule has 0 atom stereocenters. The number of aryl methyl sites for hydroxylation is 2. The third kappa shape index (κ3) is 5.88. The van der Waals surface area contributed by atoms with Crippen LogP contribution >= 0.6 is 11.3 Å². The van der Waals surface area contributed by atoms with Crippen LogP contribution in [0.3, 0.4) is 0 Å². The van der Waals surface area contributed by atoms with E-state index in [0.717, 1.165) is 44.9 Å². The molecule has 1 aromatic rings. The Morgan fingerprint density at radius 2 is 2.10 bits per heavy atom. The van der Waals surface area contributed by atoms with E-state index in [1.54, 1.807) is 25.5 Å². The van der Waals surface area contributed by atoms with E-state index in [2.05, 4.69) is 34.5 Å².